The minimum atomic E-state index is -1.52. The number of hydrogen-bond donors (Lipinski definition) is 8. The summed E-state index contributed by atoms with van der Waals surface area (Å²) >= 11 is 0. The first kappa shape index (κ1) is 44.2. The Hall–Kier alpha value is -3.75. The van der Waals surface area contributed by atoms with Gasteiger partial charge in [-0.2, -0.15) is 0 Å². The van der Waals surface area contributed by atoms with Gasteiger partial charge in [-0.3, -0.25) is 28.8 Å². The fraction of sp³-hybridized carbons (Fsp3) is 0.788. The van der Waals surface area contributed by atoms with Gasteiger partial charge >= 0.3 is 5.97 Å². The molecule has 0 aromatic heterocycles. The summed E-state index contributed by atoms with van der Waals surface area (Å²) in [6.45, 7) is 21.5. The normalized spacial score (nSPS) is 15.2. The second-order valence-electron chi connectivity index (χ2n) is 15.1. The number of hydrogen-bond acceptors (Lipinski definition) is 8. The number of nitrogens with one attached hydrogen (secondary N) is 6. The lowest BCUT2D eigenvalue weighted by Gasteiger charge is -2.31. The fourth-order valence-corrected chi connectivity index (χ4v) is 4.58. The molecule has 9 N–H and O–H groups in total. The Balaban J connectivity index is 5.65. The van der Waals surface area contributed by atoms with E-state index in [0.717, 1.165) is 0 Å². The van der Waals surface area contributed by atoms with Crippen LogP contribution in [0, 0.1) is 23.7 Å². The number of carbonyl (C=O) groups is 7. The van der Waals surface area contributed by atoms with E-state index >= 15 is 0 Å². The molecule has 276 valence electrons. The summed E-state index contributed by atoms with van der Waals surface area (Å²) in [4.78, 5) is 90.0. The van der Waals surface area contributed by atoms with E-state index in [1.165, 1.54) is 34.6 Å². The lowest BCUT2D eigenvalue weighted by atomic mass is 9.97. The van der Waals surface area contributed by atoms with Gasteiger partial charge in [0.15, 0.2) is 0 Å². The van der Waals surface area contributed by atoms with E-state index in [9.17, 15) is 38.7 Å². The van der Waals surface area contributed by atoms with Crippen LogP contribution < -0.4 is 37.6 Å². The van der Waals surface area contributed by atoms with Crippen molar-refractivity contribution >= 4 is 41.4 Å². The number of amides is 6. The molecule has 0 aromatic carbocycles. The van der Waals surface area contributed by atoms with Gasteiger partial charge < -0.3 is 42.7 Å². The summed E-state index contributed by atoms with van der Waals surface area (Å²) in [7, 11) is 0. The van der Waals surface area contributed by atoms with Crippen molar-refractivity contribution < 1.29 is 38.7 Å². The molecule has 0 aliphatic heterocycles. The van der Waals surface area contributed by atoms with Crippen molar-refractivity contribution in [2.75, 3.05) is 0 Å². The van der Waals surface area contributed by atoms with Crippen molar-refractivity contribution in [2.45, 2.75) is 144 Å². The van der Waals surface area contributed by atoms with Crippen molar-refractivity contribution in [3.8, 4) is 0 Å². The summed E-state index contributed by atoms with van der Waals surface area (Å²) in [6, 6.07) is -5.25. The van der Waals surface area contributed by atoms with Crippen LogP contribution in [0.3, 0.4) is 0 Å². The largest absolute Gasteiger partial charge is 0.480 e. The number of rotatable bonds is 19. The lowest BCUT2D eigenvalue weighted by molar-refractivity contribution is -0.144. The van der Waals surface area contributed by atoms with E-state index < -0.39 is 94.5 Å². The minimum absolute atomic E-state index is 0.0514. The molecule has 0 saturated carbocycles. The van der Waals surface area contributed by atoms with Gasteiger partial charge in [0.2, 0.25) is 35.4 Å². The average molecular weight is 684 g/mol. The molecular formula is C33H61N7O8. The van der Waals surface area contributed by atoms with E-state index in [4.69, 9.17) is 5.73 Å². The number of carbonyl (C=O) groups excluding carboxylic acids is 6. The molecule has 0 unspecified atom stereocenters. The third-order valence-electron chi connectivity index (χ3n) is 7.62. The number of carboxylic acids is 1. The van der Waals surface area contributed by atoms with Crippen LogP contribution in [-0.2, 0) is 33.6 Å². The van der Waals surface area contributed by atoms with Gasteiger partial charge in [-0.05, 0) is 71.1 Å². The number of carboxylic acid groups (broad SMARTS) is 1. The highest BCUT2D eigenvalue weighted by Crippen LogP contribution is 2.13. The van der Waals surface area contributed by atoms with Gasteiger partial charge in [0, 0.05) is 0 Å². The SMILES string of the molecule is CC(C)C[C@H](NC(=O)[C@H](C)NC(=O)[C@@H](NC(=O)C(C)(C)NC(=O)[C@@H](N)CC(C)C)C(C)C)C(=O)NC(C)(C)C(=O)N[C@H](C(=O)O)C(C)C. The van der Waals surface area contributed by atoms with E-state index in [1.807, 2.05) is 27.7 Å². The van der Waals surface area contributed by atoms with Crippen LogP contribution >= 0.6 is 0 Å². The Morgan fingerprint density at radius 2 is 0.979 bits per heavy atom. The van der Waals surface area contributed by atoms with Gasteiger partial charge in [-0.15, -0.1) is 0 Å². The smallest absolute Gasteiger partial charge is 0.326 e. The van der Waals surface area contributed by atoms with E-state index in [-0.39, 0.29) is 18.3 Å². The molecule has 5 atom stereocenters. The zero-order valence-electron chi connectivity index (χ0n) is 31.0. The predicted octanol–water partition coefficient (Wildman–Crippen LogP) is 0.551. The molecule has 0 radical (unpaired) electrons. The third kappa shape index (κ3) is 14.6. The first-order valence-electron chi connectivity index (χ1n) is 16.6. The predicted molar refractivity (Wildman–Crippen MR) is 182 cm³/mol. The van der Waals surface area contributed by atoms with Crippen LogP contribution in [0.25, 0.3) is 0 Å². The maximum absolute atomic E-state index is 13.3. The maximum atomic E-state index is 13.3. The lowest BCUT2D eigenvalue weighted by Crippen LogP contribution is -2.63. The van der Waals surface area contributed by atoms with E-state index in [1.54, 1.807) is 27.7 Å². The molecule has 0 fully saturated rings. The topological polar surface area (TPSA) is 238 Å². The second-order valence-corrected chi connectivity index (χ2v) is 15.1. The zero-order valence-corrected chi connectivity index (χ0v) is 31.0. The molecule has 0 heterocycles. The second kappa shape index (κ2) is 18.7. The van der Waals surface area contributed by atoms with Crippen molar-refractivity contribution in [1.29, 1.82) is 0 Å². The Kier molecular flexibility index (Phi) is 17.2. The highest BCUT2D eigenvalue weighted by Gasteiger charge is 2.38. The monoisotopic (exact) mass is 683 g/mol. The molecule has 15 heteroatoms. The van der Waals surface area contributed by atoms with Crippen molar-refractivity contribution in [3.63, 3.8) is 0 Å². The number of aliphatic carboxylic acids is 1. The van der Waals surface area contributed by atoms with Crippen molar-refractivity contribution in [2.24, 2.45) is 29.4 Å². The molecule has 0 aliphatic carbocycles. The number of nitrogens with two attached hydrogens (primary N) is 1. The maximum Gasteiger partial charge on any atom is 0.326 e. The molecule has 0 bridgehead atoms. The van der Waals surface area contributed by atoms with Crippen LogP contribution in [-0.4, -0.2) is 87.8 Å². The Labute approximate surface area is 285 Å². The van der Waals surface area contributed by atoms with Crippen molar-refractivity contribution in [1.82, 2.24) is 31.9 Å². The van der Waals surface area contributed by atoms with Crippen LogP contribution in [0.5, 0.6) is 0 Å². The summed E-state index contributed by atoms with van der Waals surface area (Å²) in [5.74, 6) is -5.73. The molecule has 0 aromatic rings. The molecule has 0 aliphatic rings. The van der Waals surface area contributed by atoms with Crippen LogP contribution in [0.2, 0.25) is 0 Å². The zero-order chi connectivity index (χ0) is 37.9. The minimum Gasteiger partial charge on any atom is -0.480 e. The Bertz CT molecular complexity index is 1170. The molecule has 15 nitrogen and oxygen atoms in total. The van der Waals surface area contributed by atoms with Gasteiger partial charge in [0.1, 0.15) is 35.2 Å². The molecular weight excluding hydrogens is 622 g/mol. The molecule has 0 spiro atoms. The van der Waals surface area contributed by atoms with Crippen molar-refractivity contribution in [3.05, 3.63) is 0 Å². The quantitative estimate of drug-likeness (QED) is 0.0947. The first-order valence-corrected chi connectivity index (χ1v) is 16.6. The summed E-state index contributed by atoms with van der Waals surface area (Å²) < 4.78 is 0. The van der Waals surface area contributed by atoms with Crippen LogP contribution in [0.15, 0.2) is 0 Å². The third-order valence-corrected chi connectivity index (χ3v) is 7.62. The fourth-order valence-electron chi connectivity index (χ4n) is 4.58. The van der Waals surface area contributed by atoms with Gasteiger partial charge in [-0.25, -0.2) is 4.79 Å². The van der Waals surface area contributed by atoms with Gasteiger partial charge in [-0.1, -0.05) is 55.4 Å². The summed E-state index contributed by atoms with van der Waals surface area (Å²) in [6.07, 6.45) is 0.630. The van der Waals surface area contributed by atoms with E-state index in [2.05, 4.69) is 31.9 Å². The Morgan fingerprint density at radius 1 is 0.562 bits per heavy atom. The molecule has 6 amide bonds. The first-order chi connectivity index (χ1) is 21.7. The highest BCUT2D eigenvalue weighted by atomic mass is 16.4. The molecule has 0 saturated heterocycles. The average Bonchev–Trinajstić information content (AvgIpc) is 2.91. The van der Waals surface area contributed by atoms with Gasteiger partial charge in [0.05, 0.1) is 6.04 Å². The summed E-state index contributed by atoms with van der Waals surface area (Å²) in [5, 5.41) is 25.0. The van der Waals surface area contributed by atoms with E-state index in [0.29, 0.717) is 6.42 Å². The molecule has 48 heavy (non-hydrogen) atoms. The summed E-state index contributed by atoms with van der Waals surface area (Å²) in [5.41, 5.74) is 3.04. The van der Waals surface area contributed by atoms with Crippen LogP contribution in [0.4, 0.5) is 0 Å². The standard InChI is InChI=1S/C33H61N7O8/c1-16(2)14-21(34)26(42)39-32(10,11)30(47)37-23(18(5)6)28(44)35-20(9)25(41)36-22(15-17(3)4)27(43)40-33(12,13)31(48)38-24(19(7)8)29(45)46/h16-24H,14-15,34H2,1-13H3,(H,35,44)(H,36,41)(H,37,47)(H,38,48)(H,39,42)(H,40,43)(H,45,46)/t20-,21-,22-,23-,24-/m0/s1. The van der Waals surface area contributed by atoms with Gasteiger partial charge in [0.25, 0.3) is 0 Å². The van der Waals surface area contributed by atoms with Crippen LogP contribution in [0.1, 0.15) is 103 Å². The Morgan fingerprint density at radius 3 is 1.38 bits per heavy atom. The highest BCUT2D eigenvalue weighted by molar-refractivity contribution is 5.98. The molecule has 0 rings (SSSR count).